The zero-order valence-corrected chi connectivity index (χ0v) is 19.0. The number of fused-ring (bicyclic) bond motifs is 1. The van der Waals surface area contributed by atoms with Crippen LogP contribution in [0.1, 0.15) is 37.6 Å². The highest BCUT2D eigenvalue weighted by atomic mass is 32.2. The van der Waals surface area contributed by atoms with Crippen LogP contribution in [0.5, 0.6) is 0 Å². The molecule has 168 valence electrons. The van der Waals surface area contributed by atoms with Gasteiger partial charge in [-0.05, 0) is 50.5 Å². The molecule has 0 unspecified atom stereocenters. The van der Waals surface area contributed by atoms with Gasteiger partial charge in [0.15, 0.2) is 5.82 Å². The number of hydrogen-bond donors (Lipinski definition) is 2. The van der Waals surface area contributed by atoms with Gasteiger partial charge in [0.05, 0.1) is 10.9 Å². The Morgan fingerprint density at radius 3 is 2.62 bits per heavy atom. The molecular formula is C23H27N5O3S. The molecule has 1 aliphatic rings. The third kappa shape index (κ3) is 4.73. The number of nitrogens with zero attached hydrogens (tertiary/aromatic N) is 3. The molecule has 1 amide bonds. The number of anilines is 1. The van der Waals surface area contributed by atoms with Crippen LogP contribution in [0.15, 0.2) is 53.4 Å². The maximum absolute atomic E-state index is 12.8. The zero-order chi connectivity index (χ0) is 22.7. The summed E-state index contributed by atoms with van der Waals surface area (Å²) in [6.45, 7) is 4.29. The first-order valence-electron chi connectivity index (χ1n) is 10.8. The minimum absolute atomic E-state index is 0.116. The minimum atomic E-state index is -3.80. The molecule has 1 aromatic heterocycles. The summed E-state index contributed by atoms with van der Waals surface area (Å²) in [4.78, 5) is 12.9. The third-order valence-electron chi connectivity index (χ3n) is 5.64. The Morgan fingerprint density at radius 2 is 1.84 bits per heavy atom. The predicted octanol–water partition coefficient (Wildman–Crippen LogP) is 3.29. The first-order valence-corrected chi connectivity index (χ1v) is 12.2. The number of sulfonamides is 1. The number of aromatic nitrogens is 3. The fourth-order valence-electron chi connectivity index (χ4n) is 3.79. The van der Waals surface area contributed by atoms with Gasteiger partial charge >= 0.3 is 0 Å². The van der Waals surface area contributed by atoms with Gasteiger partial charge < -0.3 is 9.88 Å². The molecule has 32 heavy (non-hydrogen) atoms. The monoisotopic (exact) mass is 453 g/mol. The molecule has 0 saturated heterocycles. The molecule has 8 nitrogen and oxygen atoms in total. The van der Waals surface area contributed by atoms with E-state index in [0.29, 0.717) is 5.69 Å². The van der Waals surface area contributed by atoms with Crippen molar-refractivity contribution in [3.63, 3.8) is 0 Å². The number of hydrogen-bond acceptors (Lipinski definition) is 5. The molecule has 0 aliphatic carbocycles. The number of benzene rings is 2. The standard InChI is InChI=1S/C23H27N5O3S/c1-16-12-13-18(22-26-25-21-11-7-4-8-14-28(21)22)15-20(16)24-23(29)17(2)27-32(30,31)19-9-5-3-6-10-19/h3,5-6,9-10,12-13,15,17,27H,4,7-8,11,14H2,1-2H3,(H,24,29)/t17-/m0/s1. The number of rotatable bonds is 6. The van der Waals surface area contributed by atoms with Gasteiger partial charge in [0.1, 0.15) is 5.82 Å². The number of aryl methyl sites for hydroxylation is 2. The van der Waals surface area contributed by atoms with Crippen molar-refractivity contribution in [2.45, 2.75) is 57.0 Å². The van der Waals surface area contributed by atoms with Crippen molar-refractivity contribution in [3.05, 3.63) is 59.9 Å². The normalized spacial score (nSPS) is 14.9. The van der Waals surface area contributed by atoms with Gasteiger partial charge in [-0.1, -0.05) is 36.8 Å². The molecule has 1 atom stereocenters. The molecule has 3 aromatic rings. The van der Waals surface area contributed by atoms with Gasteiger partial charge in [0.2, 0.25) is 15.9 Å². The molecule has 4 rings (SSSR count). The summed E-state index contributed by atoms with van der Waals surface area (Å²) >= 11 is 0. The van der Waals surface area contributed by atoms with E-state index in [1.807, 2.05) is 25.1 Å². The molecule has 0 bridgehead atoms. The summed E-state index contributed by atoms with van der Waals surface area (Å²) in [5, 5.41) is 11.6. The van der Waals surface area contributed by atoms with Gasteiger partial charge in [-0.3, -0.25) is 4.79 Å². The van der Waals surface area contributed by atoms with Crippen LogP contribution in [0, 0.1) is 6.92 Å². The molecule has 9 heteroatoms. The lowest BCUT2D eigenvalue weighted by molar-refractivity contribution is -0.117. The SMILES string of the molecule is Cc1ccc(-c2nnc3n2CCCCC3)cc1NC(=O)[C@H](C)NS(=O)(=O)c1ccccc1. The van der Waals surface area contributed by atoms with Crippen LogP contribution in [-0.2, 0) is 27.8 Å². The third-order valence-corrected chi connectivity index (χ3v) is 7.20. The van der Waals surface area contributed by atoms with E-state index in [1.165, 1.54) is 25.5 Å². The molecular weight excluding hydrogens is 426 g/mol. The summed E-state index contributed by atoms with van der Waals surface area (Å²) in [5.41, 5.74) is 2.35. The van der Waals surface area contributed by atoms with Crippen molar-refractivity contribution in [2.75, 3.05) is 5.32 Å². The molecule has 0 spiro atoms. The van der Waals surface area contributed by atoms with E-state index in [4.69, 9.17) is 0 Å². The Kier molecular flexibility index (Phi) is 6.38. The van der Waals surface area contributed by atoms with Crippen LogP contribution < -0.4 is 10.0 Å². The topological polar surface area (TPSA) is 106 Å². The molecule has 0 radical (unpaired) electrons. The van der Waals surface area contributed by atoms with Crippen LogP contribution in [0.25, 0.3) is 11.4 Å². The molecule has 2 heterocycles. The van der Waals surface area contributed by atoms with Gasteiger partial charge in [-0.15, -0.1) is 10.2 Å². The summed E-state index contributed by atoms with van der Waals surface area (Å²) in [6, 6.07) is 12.8. The molecule has 2 aromatic carbocycles. The summed E-state index contributed by atoms with van der Waals surface area (Å²) in [5.74, 6) is 1.34. The minimum Gasteiger partial charge on any atom is -0.324 e. The average Bonchev–Trinajstić information content (AvgIpc) is 3.03. The Balaban J connectivity index is 1.52. The molecule has 0 fully saturated rings. The Hall–Kier alpha value is -3.04. The van der Waals surface area contributed by atoms with Crippen LogP contribution >= 0.6 is 0 Å². The number of amides is 1. The Morgan fingerprint density at radius 1 is 1.06 bits per heavy atom. The second-order valence-electron chi connectivity index (χ2n) is 8.08. The lowest BCUT2D eigenvalue weighted by Gasteiger charge is -2.16. The smallest absolute Gasteiger partial charge is 0.242 e. The highest BCUT2D eigenvalue weighted by Crippen LogP contribution is 2.27. The Bertz CT molecular complexity index is 1220. The fourth-order valence-corrected chi connectivity index (χ4v) is 5.01. The highest BCUT2D eigenvalue weighted by molar-refractivity contribution is 7.89. The van der Waals surface area contributed by atoms with Gasteiger partial charge in [-0.2, -0.15) is 4.72 Å². The predicted molar refractivity (Wildman–Crippen MR) is 123 cm³/mol. The van der Waals surface area contributed by atoms with E-state index in [2.05, 4.69) is 24.8 Å². The van der Waals surface area contributed by atoms with Gasteiger partial charge in [-0.25, -0.2) is 8.42 Å². The van der Waals surface area contributed by atoms with Gasteiger partial charge in [0.25, 0.3) is 0 Å². The largest absolute Gasteiger partial charge is 0.324 e. The second kappa shape index (κ2) is 9.22. The van der Waals surface area contributed by atoms with Gasteiger partial charge in [0, 0.05) is 24.2 Å². The Labute approximate surface area is 188 Å². The zero-order valence-electron chi connectivity index (χ0n) is 18.2. The molecule has 2 N–H and O–H groups in total. The van der Waals surface area contributed by atoms with Crippen molar-refractivity contribution >= 4 is 21.6 Å². The lowest BCUT2D eigenvalue weighted by atomic mass is 10.1. The van der Waals surface area contributed by atoms with Crippen molar-refractivity contribution in [1.82, 2.24) is 19.5 Å². The maximum Gasteiger partial charge on any atom is 0.242 e. The molecule has 1 aliphatic heterocycles. The quantitative estimate of drug-likeness (QED) is 0.596. The summed E-state index contributed by atoms with van der Waals surface area (Å²) in [7, 11) is -3.80. The highest BCUT2D eigenvalue weighted by Gasteiger charge is 2.23. The van der Waals surface area contributed by atoms with Crippen LogP contribution in [-0.4, -0.2) is 35.1 Å². The van der Waals surface area contributed by atoms with Crippen LogP contribution in [0.3, 0.4) is 0 Å². The van der Waals surface area contributed by atoms with E-state index in [1.54, 1.807) is 18.2 Å². The number of carbonyl (C=O) groups is 1. The van der Waals surface area contributed by atoms with Crippen molar-refractivity contribution < 1.29 is 13.2 Å². The van der Waals surface area contributed by atoms with Crippen LogP contribution in [0.4, 0.5) is 5.69 Å². The summed E-state index contributed by atoms with van der Waals surface area (Å²) in [6.07, 6.45) is 4.30. The number of nitrogens with one attached hydrogen (secondary N) is 2. The second-order valence-corrected chi connectivity index (χ2v) is 9.79. The molecule has 0 saturated carbocycles. The van der Waals surface area contributed by atoms with E-state index in [-0.39, 0.29) is 4.90 Å². The van der Waals surface area contributed by atoms with Crippen molar-refractivity contribution in [2.24, 2.45) is 0 Å². The lowest BCUT2D eigenvalue weighted by Crippen LogP contribution is -2.41. The van der Waals surface area contributed by atoms with E-state index < -0.39 is 22.0 Å². The van der Waals surface area contributed by atoms with E-state index in [0.717, 1.165) is 48.6 Å². The average molecular weight is 454 g/mol. The summed E-state index contributed by atoms with van der Waals surface area (Å²) < 4.78 is 29.7. The van der Waals surface area contributed by atoms with Crippen LogP contribution in [0.2, 0.25) is 0 Å². The van der Waals surface area contributed by atoms with E-state index in [9.17, 15) is 13.2 Å². The maximum atomic E-state index is 12.8. The van der Waals surface area contributed by atoms with Crippen molar-refractivity contribution in [1.29, 1.82) is 0 Å². The number of carbonyl (C=O) groups excluding carboxylic acids is 1. The first kappa shape index (κ1) is 22.2. The van der Waals surface area contributed by atoms with E-state index >= 15 is 0 Å². The van der Waals surface area contributed by atoms with Crippen molar-refractivity contribution in [3.8, 4) is 11.4 Å². The first-order chi connectivity index (χ1) is 15.3. The fraction of sp³-hybridized carbons (Fsp3) is 0.348.